The van der Waals surface area contributed by atoms with E-state index < -0.39 is 6.16 Å². The van der Waals surface area contributed by atoms with E-state index in [2.05, 4.69) is 0 Å². The largest absolute Gasteiger partial charge is 0.508 e. The molecule has 0 bridgehead atoms. The van der Waals surface area contributed by atoms with Crippen LogP contribution in [0.25, 0.3) is 0 Å². The summed E-state index contributed by atoms with van der Waals surface area (Å²) >= 11 is 0. The average molecular weight is 208 g/mol. The van der Waals surface area contributed by atoms with E-state index >= 15 is 0 Å². The standard InChI is InChI=1S/C12H16O3/c1-10(2)15-12(13)14-9-8-11-6-4-3-5-7-11/h3-7,10H,8-9H2,1-2H3. The van der Waals surface area contributed by atoms with Crippen molar-refractivity contribution in [1.29, 1.82) is 0 Å². The summed E-state index contributed by atoms with van der Waals surface area (Å²) in [5.41, 5.74) is 1.15. The van der Waals surface area contributed by atoms with Gasteiger partial charge >= 0.3 is 6.16 Å². The van der Waals surface area contributed by atoms with E-state index in [0.717, 1.165) is 5.56 Å². The van der Waals surface area contributed by atoms with Crippen LogP contribution in [0.4, 0.5) is 4.79 Å². The van der Waals surface area contributed by atoms with E-state index in [1.165, 1.54) is 0 Å². The third kappa shape index (κ3) is 5.05. The Morgan fingerprint density at radius 1 is 1.27 bits per heavy atom. The third-order valence-electron chi connectivity index (χ3n) is 1.79. The predicted octanol–water partition coefficient (Wildman–Crippen LogP) is 2.79. The first-order valence-electron chi connectivity index (χ1n) is 5.06. The molecule has 0 saturated carbocycles. The lowest BCUT2D eigenvalue weighted by Gasteiger charge is -2.08. The molecule has 0 aliphatic rings. The van der Waals surface area contributed by atoms with Gasteiger partial charge in [0, 0.05) is 6.42 Å². The topological polar surface area (TPSA) is 35.5 Å². The fraction of sp³-hybridized carbons (Fsp3) is 0.417. The summed E-state index contributed by atoms with van der Waals surface area (Å²) in [4.78, 5) is 11.0. The fourth-order valence-corrected chi connectivity index (χ4v) is 1.12. The van der Waals surface area contributed by atoms with Crippen molar-refractivity contribution in [2.45, 2.75) is 26.4 Å². The first-order valence-corrected chi connectivity index (χ1v) is 5.06. The van der Waals surface area contributed by atoms with Gasteiger partial charge in [-0.15, -0.1) is 0 Å². The maximum Gasteiger partial charge on any atom is 0.508 e. The average Bonchev–Trinajstić information content (AvgIpc) is 2.18. The number of carbonyl (C=O) groups excluding carboxylic acids is 1. The Balaban J connectivity index is 2.19. The van der Waals surface area contributed by atoms with Gasteiger partial charge < -0.3 is 9.47 Å². The van der Waals surface area contributed by atoms with Crippen molar-refractivity contribution < 1.29 is 14.3 Å². The van der Waals surface area contributed by atoms with Crippen molar-refractivity contribution in [3.8, 4) is 0 Å². The second-order valence-electron chi connectivity index (χ2n) is 3.50. The molecule has 0 fully saturated rings. The van der Waals surface area contributed by atoms with Gasteiger partial charge in [0.1, 0.15) is 0 Å². The van der Waals surface area contributed by atoms with Gasteiger partial charge in [0.05, 0.1) is 12.7 Å². The first kappa shape index (κ1) is 11.6. The maximum atomic E-state index is 11.0. The molecule has 0 heterocycles. The normalized spacial score (nSPS) is 10.1. The van der Waals surface area contributed by atoms with E-state index in [-0.39, 0.29) is 6.10 Å². The Morgan fingerprint density at radius 2 is 1.93 bits per heavy atom. The molecule has 1 aromatic carbocycles. The van der Waals surface area contributed by atoms with E-state index in [1.54, 1.807) is 13.8 Å². The molecule has 0 atom stereocenters. The van der Waals surface area contributed by atoms with Crippen LogP contribution < -0.4 is 0 Å². The minimum Gasteiger partial charge on any atom is -0.434 e. The zero-order valence-corrected chi connectivity index (χ0v) is 9.10. The minimum absolute atomic E-state index is 0.130. The lowest BCUT2D eigenvalue weighted by Crippen LogP contribution is -2.14. The zero-order chi connectivity index (χ0) is 11.1. The highest BCUT2D eigenvalue weighted by atomic mass is 16.7. The van der Waals surface area contributed by atoms with E-state index in [9.17, 15) is 4.79 Å². The second kappa shape index (κ2) is 6.06. The van der Waals surface area contributed by atoms with Crippen LogP contribution in [0.1, 0.15) is 19.4 Å². The monoisotopic (exact) mass is 208 g/mol. The van der Waals surface area contributed by atoms with Crippen LogP contribution in [0.15, 0.2) is 30.3 Å². The molecule has 0 N–H and O–H groups in total. The molecule has 0 aliphatic heterocycles. The number of benzene rings is 1. The highest BCUT2D eigenvalue weighted by Gasteiger charge is 2.05. The number of rotatable bonds is 4. The molecule has 15 heavy (non-hydrogen) atoms. The molecule has 0 aliphatic carbocycles. The van der Waals surface area contributed by atoms with E-state index in [4.69, 9.17) is 9.47 Å². The summed E-state index contributed by atoms with van der Waals surface area (Å²) < 4.78 is 9.72. The van der Waals surface area contributed by atoms with Crippen molar-refractivity contribution in [3.63, 3.8) is 0 Å². The van der Waals surface area contributed by atoms with Crippen LogP contribution in [-0.2, 0) is 15.9 Å². The Morgan fingerprint density at radius 3 is 2.53 bits per heavy atom. The van der Waals surface area contributed by atoms with Gasteiger partial charge in [-0.3, -0.25) is 0 Å². The summed E-state index contributed by atoms with van der Waals surface area (Å²) in [6.07, 6.45) is -0.0104. The molecule has 3 nitrogen and oxygen atoms in total. The van der Waals surface area contributed by atoms with Gasteiger partial charge in [-0.1, -0.05) is 30.3 Å². The molecule has 1 rings (SSSR count). The molecule has 0 aromatic heterocycles. The van der Waals surface area contributed by atoms with Crippen LogP contribution >= 0.6 is 0 Å². The van der Waals surface area contributed by atoms with Gasteiger partial charge in [-0.25, -0.2) is 4.79 Å². The highest BCUT2D eigenvalue weighted by molar-refractivity contribution is 5.60. The van der Waals surface area contributed by atoms with Crippen LogP contribution in [-0.4, -0.2) is 18.9 Å². The van der Waals surface area contributed by atoms with Crippen LogP contribution in [0.3, 0.4) is 0 Å². The molecule has 1 aromatic rings. The number of hydrogen-bond donors (Lipinski definition) is 0. The van der Waals surface area contributed by atoms with E-state index in [0.29, 0.717) is 13.0 Å². The van der Waals surface area contributed by atoms with Crippen LogP contribution in [0.2, 0.25) is 0 Å². The minimum atomic E-state index is -0.596. The Kier molecular flexibility index (Phi) is 4.68. The Bertz CT molecular complexity index is 293. The molecule has 0 radical (unpaired) electrons. The molecular weight excluding hydrogens is 192 g/mol. The third-order valence-corrected chi connectivity index (χ3v) is 1.79. The lowest BCUT2D eigenvalue weighted by molar-refractivity contribution is 0.0353. The quantitative estimate of drug-likeness (QED) is 0.714. The summed E-state index contributed by atoms with van der Waals surface area (Å²) in [6.45, 7) is 3.94. The summed E-state index contributed by atoms with van der Waals surface area (Å²) in [6, 6.07) is 9.87. The second-order valence-corrected chi connectivity index (χ2v) is 3.50. The van der Waals surface area contributed by atoms with Gasteiger partial charge in [-0.2, -0.15) is 0 Å². The van der Waals surface area contributed by atoms with E-state index in [1.807, 2.05) is 30.3 Å². The zero-order valence-electron chi connectivity index (χ0n) is 9.10. The van der Waals surface area contributed by atoms with Gasteiger partial charge in [0.2, 0.25) is 0 Å². The molecule has 82 valence electrons. The summed E-state index contributed by atoms with van der Waals surface area (Å²) in [7, 11) is 0. The molecule has 0 saturated heterocycles. The molecule has 3 heteroatoms. The van der Waals surface area contributed by atoms with Crippen molar-refractivity contribution >= 4 is 6.16 Å². The molecular formula is C12H16O3. The molecule has 0 spiro atoms. The molecule has 0 unspecified atom stereocenters. The van der Waals surface area contributed by atoms with Crippen molar-refractivity contribution in [2.24, 2.45) is 0 Å². The van der Waals surface area contributed by atoms with Gasteiger partial charge in [0.15, 0.2) is 0 Å². The van der Waals surface area contributed by atoms with Crippen LogP contribution in [0.5, 0.6) is 0 Å². The summed E-state index contributed by atoms with van der Waals surface area (Å²) in [5, 5.41) is 0. The number of ether oxygens (including phenoxy) is 2. The Labute approximate surface area is 90.0 Å². The SMILES string of the molecule is CC(C)OC(=O)OCCc1ccccc1. The molecule has 0 amide bonds. The maximum absolute atomic E-state index is 11.0. The lowest BCUT2D eigenvalue weighted by atomic mass is 10.2. The fourth-order valence-electron chi connectivity index (χ4n) is 1.12. The van der Waals surface area contributed by atoms with Crippen molar-refractivity contribution in [3.05, 3.63) is 35.9 Å². The van der Waals surface area contributed by atoms with Crippen LogP contribution in [0, 0.1) is 0 Å². The number of carbonyl (C=O) groups is 1. The van der Waals surface area contributed by atoms with Crippen molar-refractivity contribution in [2.75, 3.05) is 6.61 Å². The number of hydrogen-bond acceptors (Lipinski definition) is 3. The summed E-state index contributed by atoms with van der Waals surface area (Å²) in [5.74, 6) is 0. The van der Waals surface area contributed by atoms with Gasteiger partial charge in [0.25, 0.3) is 0 Å². The predicted molar refractivity (Wildman–Crippen MR) is 57.7 cm³/mol. The smallest absolute Gasteiger partial charge is 0.434 e. The van der Waals surface area contributed by atoms with Crippen molar-refractivity contribution in [1.82, 2.24) is 0 Å². The highest BCUT2D eigenvalue weighted by Crippen LogP contribution is 2.00. The Hall–Kier alpha value is -1.51. The van der Waals surface area contributed by atoms with Gasteiger partial charge in [-0.05, 0) is 19.4 Å². The first-order chi connectivity index (χ1) is 7.18.